The van der Waals surface area contributed by atoms with Gasteiger partial charge >= 0.3 is 6.18 Å². The van der Waals surface area contributed by atoms with Crippen molar-refractivity contribution in [3.8, 4) is 17.0 Å². The molecule has 3 N–H and O–H groups in total. The zero-order valence-corrected chi connectivity index (χ0v) is 20.2. The number of rotatable bonds is 7. The summed E-state index contributed by atoms with van der Waals surface area (Å²) in [5.41, 5.74) is 1.08. The first kappa shape index (κ1) is 24.0. The third-order valence-corrected chi connectivity index (χ3v) is 6.34. The number of aromatic amines is 1. The molecule has 0 saturated heterocycles. The van der Waals surface area contributed by atoms with Gasteiger partial charge in [0, 0.05) is 23.2 Å². The predicted octanol–water partition coefficient (Wildman–Crippen LogP) is 5.04. The zero-order chi connectivity index (χ0) is 27.7. The fourth-order valence-corrected chi connectivity index (χ4v) is 4.23. The number of carbonyl (C=O) groups excluding carboxylic acids is 2. The molecule has 2 aromatic heterocycles. The van der Waals surface area contributed by atoms with E-state index in [4.69, 9.17) is 6.11 Å². The summed E-state index contributed by atoms with van der Waals surface area (Å²) in [4.78, 5) is 29.9. The summed E-state index contributed by atoms with van der Waals surface area (Å²) in [6, 6.07) is 11.0. The fourth-order valence-electron chi connectivity index (χ4n) is 4.23. The van der Waals surface area contributed by atoms with Crippen molar-refractivity contribution in [1.82, 2.24) is 25.8 Å². The molecule has 0 radical (unpaired) electrons. The van der Waals surface area contributed by atoms with Crippen molar-refractivity contribution >= 4 is 22.7 Å². The van der Waals surface area contributed by atoms with Gasteiger partial charge in [-0.2, -0.15) is 18.3 Å². The number of ether oxygens (including phenoxy) is 1. The van der Waals surface area contributed by atoms with Crippen LogP contribution >= 0.6 is 0 Å². The first-order chi connectivity index (χ1) is 18.7. The molecule has 11 heteroatoms. The summed E-state index contributed by atoms with van der Waals surface area (Å²) in [7, 11) is -0.509. The van der Waals surface area contributed by atoms with Crippen LogP contribution in [0.15, 0.2) is 54.7 Å². The molecular formula is C27H24F3N5O3. The summed E-state index contributed by atoms with van der Waals surface area (Å²) in [5, 5.41) is 13.1. The Balaban J connectivity index is 1.43. The number of H-pyrrole nitrogens is 1. The lowest BCUT2D eigenvalue weighted by Gasteiger charge is -2.20. The summed E-state index contributed by atoms with van der Waals surface area (Å²) >= 11 is 0. The molecule has 0 unspecified atom stereocenters. The van der Waals surface area contributed by atoms with Crippen molar-refractivity contribution in [1.29, 1.82) is 0 Å². The number of amides is 2. The number of benzene rings is 2. The molecule has 1 aliphatic carbocycles. The minimum Gasteiger partial charge on any atom is -0.480 e. The minimum absolute atomic E-state index is 0.0368. The molecular weight excluding hydrogens is 499 g/mol. The smallest absolute Gasteiger partial charge is 0.416 e. The molecule has 0 bridgehead atoms. The highest BCUT2D eigenvalue weighted by atomic mass is 19.4. The Morgan fingerprint density at radius 2 is 1.92 bits per heavy atom. The summed E-state index contributed by atoms with van der Waals surface area (Å²) in [6.07, 6.45) is -1.22. The highest BCUT2D eigenvalue weighted by Crippen LogP contribution is 2.35. The quantitative estimate of drug-likeness (QED) is 0.314. The number of nitrogens with zero attached hydrogens (tertiary/aromatic N) is 2. The van der Waals surface area contributed by atoms with Gasteiger partial charge in [0.25, 0.3) is 11.8 Å². The minimum atomic E-state index is -4.58. The molecule has 1 saturated carbocycles. The number of halogens is 3. The number of pyridine rings is 1. The van der Waals surface area contributed by atoms with Crippen LogP contribution in [0.25, 0.3) is 22.0 Å². The van der Waals surface area contributed by atoms with E-state index in [2.05, 4.69) is 25.8 Å². The number of hydrogen-bond donors (Lipinski definition) is 3. The van der Waals surface area contributed by atoms with E-state index in [9.17, 15) is 22.8 Å². The number of aromatic nitrogens is 3. The van der Waals surface area contributed by atoms with Crippen LogP contribution < -0.4 is 15.4 Å². The second kappa shape index (κ2) is 9.81. The van der Waals surface area contributed by atoms with Gasteiger partial charge in [-0.05, 0) is 55.2 Å². The van der Waals surface area contributed by atoms with E-state index in [0.29, 0.717) is 22.0 Å². The molecule has 5 rings (SSSR count). The molecule has 0 spiro atoms. The topological polar surface area (TPSA) is 109 Å². The summed E-state index contributed by atoms with van der Waals surface area (Å²) in [6.45, 7) is 1.45. The van der Waals surface area contributed by atoms with Crippen molar-refractivity contribution in [2.45, 2.75) is 38.0 Å². The van der Waals surface area contributed by atoms with Gasteiger partial charge in [0.05, 0.1) is 25.6 Å². The van der Waals surface area contributed by atoms with Gasteiger partial charge in [0.2, 0.25) is 5.88 Å². The average Bonchev–Trinajstić information content (AvgIpc) is 3.62. The highest BCUT2D eigenvalue weighted by Gasteiger charge is 2.34. The van der Waals surface area contributed by atoms with E-state index in [1.165, 1.54) is 37.4 Å². The maximum Gasteiger partial charge on any atom is 0.416 e. The van der Waals surface area contributed by atoms with E-state index >= 15 is 0 Å². The van der Waals surface area contributed by atoms with Crippen LogP contribution in [0.2, 0.25) is 0 Å². The average molecular weight is 525 g/mol. The first-order valence-electron chi connectivity index (χ1n) is 12.5. The number of fused-ring (bicyclic) bond motifs is 1. The summed E-state index contributed by atoms with van der Waals surface area (Å²) in [5.74, 6) is -1.08. The Kier molecular flexibility index (Phi) is 6.18. The van der Waals surface area contributed by atoms with Crippen molar-refractivity contribution in [2.75, 3.05) is 7.09 Å². The van der Waals surface area contributed by atoms with Crippen LogP contribution in [0, 0.1) is 0 Å². The van der Waals surface area contributed by atoms with Gasteiger partial charge in [-0.3, -0.25) is 14.7 Å². The molecule has 1 aliphatic rings. The Morgan fingerprint density at radius 3 is 2.66 bits per heavy atom. The van der Waals surface area contributed by atoms with E-state index < -0.39 is 30.8 Å². The molecule has 0 aliphatic heterocycles. The Hall–Kier alpha value is -4.41. The molecule has 8 nitrogen and oxygen atoms in total. The van der Waals surface area contributed by atoms with Crippen LogP contribution in [0.3, 0.4) is 0 Å². The molecule has 4 aromatic rings. The SMILES string of the molecule is [2H]COc1ncc(-c2ccc3c(C(=O)NC4CC4)n[nH]c3c2)cc1C(=O)N[C@H](C)c1ccccc1C(F)(F)F. The number of nitrogens with one attached hydrogen (secondary N) is 3. The van der Waals surface area contributed by atoms with Crippen molar-refractivity contribution < 1.29 is 28.9 Å². The Labute approximate surface area is 217 Å². The van der Waals surface area contributed by atoms with Gasteiger partial charge < -0.3 is 15.4 Å². The van der Waals surface area contributed by atoms with Crippen molar-refractivity contribution in [2.24, 2.45) is 0 Å². The van der Waals surface area contributed by atoms with Crippen LogP contribution in [-0.4, -0.2) is 40.1 Å². The molecule has 2 amide bonds. The fraction of sp³-hybridized carbons (Fsp3) is 0.259. The monoisotopic (exact) mass is 524 g/mol. The maximum atomic E-state index is 13.5. The molecule has 2 aromatic carbocycles. The molecule has 2 heterocycles. The molecule has 38 heavy (non-hydrogen) atoms. The second-order valence-corrected chi connectivity index (χ2v) is 9.08. The molecule has 1 fully saturated rings. The normalized spacial score (nSPS) is 14.6. The van der Waals surface area contributed by atoms with Crippen LogP contribution in [-0.2, 0) is 6.18 Å². The predicted molar refractivity (Wildman–Crippen MR) is 134 cm³/mol. The van der Waals surface area contributed by atoms with Crippen molar-refractivity contribution in [3.63, 3.8) is 0 Å². The van der Waals surface area contributed by atoms with Gasteiger partial charge in [0.15, 0.2) is 5.69 Å². The lowest BCUT2D eigenvalue weighted by molar-refractivity contribution is -0.138. The largest absolute Gasteiger partial charge is 0.480 e. The number of carbonyl (C=O) groups is 2. The van der Waals surface area contributed by atoms with Crippen LogP contribution in [0.5, 0.6) is 5.88 Å². The Bertz CT molecular complexity index is 1550. The summed E-state index contributed by atoms with van der Waals surface area (Å²) < 4.78 is 53.1. The molecule has 1 atom stereocenters. The van der Waals surface area contributed by atoms with E-state index in [1.807, 2.05) is 0 Å². The van der Waals surface area contributed by atoms with Gasteiger partial charge in [-0.1, -0.05) is 24.3 Å². The standard InChI is InChI=1S/C27H24F3N5O3/c1-14(18-5-3-4-6-21(18)27(28,29)30)32-24(36)20-11-16(13-31-26(20)38-2)15-7-10-19-22(12-15)34-35-23(19)25(37)33-17-8-9-17/h3-7,10-14,17H,8-9H2,1-2H3,(H,32,36)(H,33,37)(H,34,35)/t14-/m1/s1/i2D. The Morgan fingerprint density at radius 1 is 1.13 bits per heavy atom. The maximum absolute atomic E-state index is 13.5. The van der Waals surface area contributed by atoms with Gasteiger partial charge in [-0.25, -0.2) is 4.98 Å². The lowest BCUT2D eigenvalue weighted by atomic mass is 10.00. The van der Waals surface area contributed by atoms with Gasteiger partial charge in [-0.15, -0.1) is 0 Å². The third-order valence-electron chi connectivity index (χ3n) is 6.34. The third kappa shape index (κ3) is 5.04. The second-order valence-electron chi connectivity index (χ2n) is 9.08. The molecule has 196 valence electrons. The number of hydrogen-bond acceptors (Lipinski definition) is 5. The number of methoxy groups -OCH3 is 1. The van der Waals surface area contributed by atoms with E-state index in [0.717, 1.165) is 18.9 Å². The van der Waals surface area contributed by atoms with E-state index in [1.54, 1.807) is 18.2 Å². The van der Waals surface area contributed by atoms with Crippen molar-refractivity contribution in [3.05, 3.63) is 77.1 Å². The van der Waals surface area contributed by atoms with Gasteiger partial charge in [0.1, 0.15) is 5.56 Å². The van der Waals surface area contributed by atoms with E-state index in [-0.39, 0.29) is 34.6 Å². The first-order valence-corrected chi connectivity index (χ1v) is 11.8. The lowest BCUT2D eigenvalue weighted by Crippen LogP contribution is -2.29. The van der Waals surface area contributed by atoms with Crippen LogP contribution in [0.1, 0.15) is 59.2 Å². The highest BCUT2D eigenvalue weighted by molar-refractivity contribution is 6.05. The zero-order valence-electron chi connectivity index (χ0n) is 21.2. The van der Waals surface area contributed by atoms with Crippen LogP contribution in [0.4, 0.5) is 13.2 Å². The number of alkyl halides is 3.